The normalized spacial score (nSPS) is 11.8. The fourth-order valence-corrected chi connectivity index (χ4v) is 2.71. The zero-order chi connectivity index (χ0) is 19.3. The van der Waals surface area contributed by atoms with Crippen molar-refractivity contribution in [2.45, 2.75) is 89.9 Å². The van der Waals surface area contributed by atoms with Crippen molar-refractivity contribution < 1.29 is 19.8 Å². The molecule has 0 aromatic carbocycles. The zero-order valence-corrected chi connectivity index (χ0v) is 16.1. The summed E-state index contributed by atoms with van der Waals surface area (Å²) in [5.41, 5.74) is 0. The second kappa shape index (κ2) is 19.5. The summed E-state index contributed by atoms with van der Waals surface area (Å²) in [6.07, 6.45) is 26.6. The summed E-state index contributed by atoms with van der Waals surface area (Å²) in [4.78, 5) is 20.6. The lowest BCUT2D eigenvalue weighted by Crippen LogP contribution is -1.85. The van der Waals surface area contributed by atoms with Crippen molar-refractivity contribution in [1.82, 2.24) is 0 Å². The van der Waals surface area contributed by atoms with Gasteiger partial charge in [-0.15, -0.1) is 0 Å². The van der Waals surface area contributed by atoms with Gasteiger partial charge in [0.2, 0.25) is 0 Å². The number of unbranched alkanes of at least 4 members (excludes halogenated alkanes) is 12. The van der Waals surface area contributed by atoms with Crippen LogP contribution in [-0.2, 0) is 9.59 Å². The Hall–Kier alpha value is -1.84. The Morgan fingerprint density at radius 3 is 1.08 bits per heavy atom. The van der Waals surface area contributed by atoms with Gasteiger partial charge in [-0.3, -0.25) is 0 Å². The molecule has 0 aliphatic rings. The molecule has 0 radical (unpaired) electrons. The molecule has 0 spiro atoms. The highest BCUT2D eigenvalue weighted by Crippen LogP contribution is 2.11. The summed E-state index contributed by atoms with van der Waals surface area (Å²) in [6, 6.07) is 0. The van der Waals surface area contributed by atoms with Crippen LogP contribution in [0.5, 0.6) is 0 Å². The number of allylic oxidation sites excluding steroid dienone is 4. The molecule has 0 saturated carbocycles. The third kappa shape index (κ3) is 22.2. The van der Waals surface area contributed by atoms with Crippen LogP contribution in [0, 0.1) is 0 Å². The number of rotatable bonds is 18. The van der Waals surface area contributed by atoms with E-state index < -0.39 is 11.9 Å². The highest BCUT2D eigenvalue weighted by molar-refractivity contribution is 5.79. The van der Waals surface area contributed by atoms with Crippen molar-refractivity contribution in [2.24, 2.45) is 0 Å². The molecule has 0 aromatic rings. The van der Waals surface area contributed by atoms with Crippen LogP contribution in [0.2, 0.25) is 0 Å². The molecule has 0 unspecified atom stereocenters. The Morgan fingerprint density at radius 2 is 0.731 bits per heavy atom. The largest absolute Gasteiger partial charge is 0.478 e. The second-order valence-corrected chi connectivity index (χ2v) is 6.64. The average Bonchev–Trinajstić information content (AvgIpc) is 2.59. The molecule has 0 aliphatic heterocycles. The minimum absolute atomic E-state index is 0.846. The summed E-state index contributed by atoms with van der Waals surface area (Å²) in [5, 5.41) is 16.9. The van der Waals surface area contributed by atoms with Gasteiger partial charge in [0.15, 0.2) is 0 Å². The van der Waals surface area contributed by atoms with Crippen LogP contribution in [0.15, 0.2) is 36.5 Å². The summed E-state index contributed by atoms with van der Waals surface area (Å²) in [6.45, 7) is 0. The molecular weight excluding hydrogens is 328 g/mol. The van der Waals surface area contributed by atoms with Crippen molar-refractivity contribution >= 4 is 11.9 Å². The van der Waals surface area contributed by atoms with Gasteiger partial charge in [0.1, 0.15) is 0 Å². The van der Waals surface area contributed by atoms with Gasteiger partial charge in [-0.2, -0.15) is 0 Å². The van der Waals surface area contributed by atoms with Crippen molar-refractivity contribution in [1.29, 1.82) is 0 Å². The molecule has 0 rings (SSSR count). The van der Waals surface area contributed by atoms with Gasteiger partial charge in [0, 0.05) is 12.2 Å². The van der Waals surface area contributed by atoms with Crippen molar-refractivity contribution in [2.75, 3.05) is 0 Å². The highest BCUT2D eigenvalue weighted by atomic mass is 16.4. The standard InChI is InChI=1S/C22H36O4/c23-21(24)19-17-15-13-11-9-7-5-3-1-2-4-6-8-10-12-14-16-18-20-22(25)26/h5,7,17-20H,1-4,6,8-16H2,(H,23,24)(H,25,26). The number of carbonyl (C=O) groups is 2. The van der Waals surface area contributed by atoms with E-state index in [1.807, 2.05) is 0 Å². The lowest BCUT2D eigenvalue weighted by Gasteiger charge is -2.01. The minimum atomic E-state index is -0.865. The van der Waals surface area contributed by atoms with Crippen LogP contribution in [0.25, 0.3) is 0 Å². The molecule has 0 aliphatic carbocycles. The van der Waals surface area contributed by atoms with Crippen LogP contribution < -0.4 is 0 Å². The molecule has 2 N–H and O–H groups in total. The Bertz CT molecular complexity index is 435. The van der Waals surface area contributed by atoms with Crippen molar-refractivity contribution in [3.63, 3.8) is 0 Å². The molecule has 0 fully saturated rings. The van der Waals surface area contributed by atoms with Crippen LogP contribution >= 0.6 is 0 Å². The summed E-state index contributed by atoms with van der Waals surface area (Å²) < 4.78 is 0. The Labute approximate surface area is 158 Å². The molecule has 4 heteroatoms. The van der Waals surface area contributed by atoms with Crippen LogP contribution in [0.1, 0.15) is 89.9 Å². The van der Waals surface area contributed by atoms with E-state index in [-0.39, 0.29) is 0 Å². The Kier molecular flexibility index (Phi) is 18.1. The summed E-state index contributed by atoms with van der Waals surface area (Å²) >= 11 is 0. The first-order valence-corrected chi connectivity index (χ1v) is 10.1. The van der Waals surface area contributed by atoms with Crippen molar-refractivity contribution in [3.8, 4) is 0 Å². The van der Waals surface area contributed by atoms with E-state index in [2.05, 4.69) is 12.2 Å². The molecule has 26 heavy (non-hydrogen) atoms. The van der Waals surface area contributed by atoms with E-state index in [1.54, 1.807) is 12.2 Å². The highest BCUT2D eigenvalue weighted by Gasteiger charge is 1.92. The van der Waals surface area contributed by atoms with Gasteiger partial charge in [0.25, 0.3) is 0 Å². The predicted molar refractivity (Wildman–Crippen MR) is 107 cm³/mol. The van der Waals surface area contributed by atoms with E-state index in [0.29, 0.717) is 0 Å². The van der Waals surface area contributed by atoms with Crippen LogP contribution in [-0.4, -0.2) is 22.2 Å². The summed E-state index contributed by atoms with van der Waals surface area (Å²) in [5.74, 6) is -1.72. The summed E-state index contributed by atoms with van der Waals surface area (Å²) in [7, 11) is 0. The van der Waals surface area contributed by atoms with E-state index in [9.17, 15) is 9.59 Å². The van der Waals surface area contributed by atoms with E-state index in [0.717, 1.165) is 44.9 Å². The van der Waals surface area contributed by atoms with Crippen LogP contribution in [0.4, 0.5) is 0 Å². The van der Waals surface area contributed by atoms with Gasteiger partial charge >= 0.3 is 11.9 Å². The van der Waals surface area contributed by atoms with Gasteiger partial charge in [-0.25, -0.2) is 9.59 Å². The van der Waals surface area contributed by atoms with E-state index in [4.69, 9.17) is 10.2 Å². The van der Waals surface area contributed by atoms with Crippen molar-refractivity contribution in [3.05, 3.63) is 36.5 Å². The fraction of sp³-hybridized carbons (Fsp3) is 0.636. The maximum Gasteiger partial charge on any atom is 0.327 e. The smallest absolute Gasteiger partial charge is 0.327 e. The molecule has 0 atom stereocenters. The third-order valence-corrected chi connectivity index (χ3v) is 4.17. The second-order valence-electron chi connectivity index (χ2n) is 6.64. The molecule has 0 saturated heterocycles. The SMILES string of the molecule is O=C(O)C=CCCCCC=CCCCCCCCCCCC=CC(=O)O. The first-order valence-electron chi connectivity index (χ1n) is 10.1. The molecule has 0 amide bonds. The van der Waals surface area contributed by atoms with Gasteiger partial charge in [-0.05, 0) is 51.4 Å². The van der Waals surface area contributed by atoms with Crippen LogP contribution in [0.3, 0.4) is 0 Å². The number of hydrogen-bond acceptors (Lipinski definition) is 2. The molecule has 0 heterocycles. The molecule has 0 aromatic heterocycles. The number of hydrogen-bond donors (Lipinski definition) is 2. The van der Waals surface area contributed by atoms with Gasteiger partial charge in [-0.1, -0.05) is 62.8 Å². The monoisotopic (exact) mass is 364 g/mol. The zero-order valence-electron chi connectivity index (χ0n) is 16.1. The quantitative estimate of drug-likeness (QED) is 0.170. The Morgan fingerprint density at radius 1 is 0.462 bits per heavy atom. The molecular formula is C22H36O4. The maximum absolute atomic E-state index is 10.3. The lowest BCUT2D eigenvalue weighted by atomic mass is 10.1. The number of aliphatic carboxylic acids is 2. The average molecular weight is 365 g/mol. The van der Waals surface area contributed by atoms with Gasteiger partial charge < -0.3 is 10.2 Å². The first-order chi connectivity index (χ1) is 12.6. The fourth-order valence-electron chi connectivity index (χ4n) is 2.71. The van der Waals surface area contributed by atoms with Gasteiger partial charge in [0.05, 0.1) is 0 Å². The molecule has 4 nitrogen and oxygen atoms in total. The number of carboxylic acid groups (broad SMARTS) is 2. The van der Waals surface area contributed by atoms with E-state index in [1.165, 1.54) is 57.1 Å². The third-order valence-electron chi connectivity index (χ3n) is 4.17. The number of carboxylic acids is 2. The molecule has 0 bridgehead atoms. The minimum Gasteiger partial charge on any atom is -0.478 e. The first kappa shape index (κ1) is 24.2. The molecule has 148 valence electrons. The predicted octanol–water partition coefficient (Wildman–Crippen LogP) is 6.29. The Balaban J connectivity index is 3.19. The maximum atomic E-state index is 10.3. The van der Waals surface area contributed by atoms with E-state index >= 15 is 0 Å². The topological polar surface area (TPSA) is 74.6 Å². The lowest BCUT2D eigenvalue weighted by molar-refractivity contribution is -0.132.